The van der Waals surface area contributed by atoms with E-state index in [1.807, 2.05) is 0 Å². The molecule has 5 heteroatoms. The second kappa shape index (κ2) is 3.91. The lowest BCUT2D eigenvalue weighted by Crippen LogP contribution is -2.19. The molecule has 0 saturated carbocycles. The molecule has 70 valence electrons. The highest BCUT2D eigenvalue weighted by Gasteiger charge is 2.28. The molecule has 0 bridgehead atoms. The molecule has 0 radical (unpaired) electrons. The molecule has 0 unspecified atom stereocenters. The fourth-order valence-corrected chi connectivity index (χ4v) is 1.53. The van der Waals surface area contributed by atoms with Gasteiger partial charge in [0.05, 0.1) is 14.2 Å². The Bertz CT molecular complexity index is 327. The first-order valence-electron chi connectivity index (χ1n) is 3.40. The number of Topliss-reactive ketones (excluding diaryl/α,β-unsaturated/α-hetero) is 1. The predicted molar refractivity (Wildman–Crippen MR) is 53.2 cm³/mol. The van der Waals surface area contributed by atoms with Crippen LogP contribution in [0.15, 0.2) is 21.2 Å². The predicted octanol–water partition coefficient (Wildman–Crippen LogP) is 0.962. The number of ketones is 2. The van der Waals surface area contributed by atoms with E-state index in [1.165, 1.54) is 14.2 Å². The van der Waals surface area contributed by atoms with E-state index < -0.39 is 5.78 Å². The topological polar surface area (TPSA) is 52.6 Å². The van der Waals surface area contributed by atoms with Gasteiger partial charge in [0.15, 0.2) is 17.3 Å². The highest BCUT2D eigenvalue weighted by atomic mass is 127. The van der Waals surface area contributed by atoms with E-state index in [0.717, 1.165) is 6.08 Å². The summed E-state index contributed by atoms with van der Waals surface area (Å²) in [5, 5.41) is 0. The lowest BCUT2D eigenvalue weighted by molar-refractivity contribution is -0.120. The van der Waals surface area contributed by atoms with Gasteiger partial charge in [-0.1, -0.05) is 0 Å². The normalized spacial score (nSPS) is 17.3. The monoisotopic (exact) mass is 294 g/mol. The minimum absolute atomic E-state index is 0.0160. The Kier molecular flexibility index (Phi) is 3.07. The third-order valence-electron chi connectivity index (χ3n) is 1.53. The Hall–Kier alpha value is -0.850. The Morgan fingerprint density at radius 3 is 2.31 bits per heavy atom. The number of hydrogen-bond acceptors (Lipinski definition) is 4. The van der Waals surface area contributed by atoms with E-state index >= 15 is 0 Å². The summed E-state index contributed by atoms with van der Waals surface area (Å²) in [5.74, 6) is -0.602. The minimum Gasteiger partial charge on any atom is -0.492 e. The van der Waals surface area contributed by atoms with Gasteiger partial charge in [0.1, 0.15) is 3.58 Å². The molecular weight excluding hydrogens is 287 g/mol. The van der Waals surface area contributed by atoms with Crippen LogP contribution in [0.1, 0.15) is 0 Å². The summed E-state index contributed by atoms with van der Waals surface area (Å²) in [6.07, 6.45) is 1.16. The van der Waals surface area contributed by atoms with Crippen LogP contribution in [-0.2, 0) is 19.1 Å². The molecule has 0 fully saturated rings. The SMILES string of the molecule is COC1=CC(=O)C(I)=C(OC)C1=O. The number of halogens is 1. The molecule has 0 atom stereocenters. The molecule has 1 aliphatic carbocycles. The van der Waals surface area contributed by atoms with Gasteiger partial charge in [0.2, 0.25) is 0 Å². The molecule has 1 aliphatic rings. The van der Waals surface area contributed by atoms with E-state index in [1.54, 1.807) is 22.6 Å². The average molecular weight is 294 g/mol. The van der Waals surface area contributed by atoms with Gasteiger partial charge >= 0.3 is 0 Å². The van der Waals surface area contributed by atoms with Crippen LogP contribution in [0, 0.1) is 0 Å². The van der Waals surface area contributed by atoms with Gasteiger partial charge in [0.25, 0.3) is 5.78 Å². The van der Waals surface area contributed by atoms with Crippen LogP contribution in [0.2, 0.25) is 0 Å². The van der Waals surface area contributed by atoms with Crippen molar-refractivity contribution in [2.45, 2.75) is 0 Å². The summed E-state index contributed by atoms with van der Waals surface area (Å²) < 4.78 is 9.81. The minimum atomic E-state index is -0.394. The Balaban J connectivity index is 3.14. The van der Waals surface area contributed by atoms with E-state index in [0.29, 0.717) is 0 Å². The molecule has 0 aromatic heterocycles. The Morgan fingerprint density at radius 2 is 1.85 bits per heavy atom. The number of hydrogen-bond donors (Lipinski definition) is 0. The van der Waals surface area contributed by atoms with Gasteiger partial charge in [-0.3, -0.25) is 9.59 Å². The van der Waals surface area contributed by atoms with Crippen LogP contribution < -0.4 is 0 Å². The molecule has 0 N–H and O–H groups in total. The summed E-state index contributed by atoms with van der Waals surface area (Å²) in [7, 11) is 2.68. The molecule has 0 heterocycles. The first kappa shape index (κ1) is 10.2. The largest absolute Gasteiger partial charge is 0.492 e. The van der Waals surface area contributed by atoms with Crippen LogP contribution in [0.3, 0.4) is 0 Å². The molecular formula is C8H7IO4. The van der Waals surface area contributed by atoms with Gasteiger partial charge in [0, 0.05) is 6.08 Å². The summed E-state index contributed by atoms with van der Waals surface area (Å²) in [4.78, 5) is 22.6. The van der Waals surface area contributed by atoms with Crippen molar-refractivity contribution in [2.24, 2.45) is 0 Å². The van der Waals surface area contributed by atoms with Gasteiger partial charge in [-0.2, -0.15) is 0 Å². The van der Waals surface area contributed by atoms with Crippen LogP contribution in [0.5, 0.6) is 0 Å². The molecule has 4 nitrogen and oxygen atoms in total. The van der Waals surface area contributed by atoms with Crippen molar-refractivity contribution in [3.8, 4) is 0 Å². The summed E-state index contributed by atoms with van der Waals surface area (Å²) in [6, 6.07) is 0. The molecule has 0 aromatic carbocycles. The molecule has 13 heavy (non-hydrogen) atoms. The number of methoxy groups -OCH3 is 2. The summed E-state index contributed by atoms with van der Waals surface area (Å²) >= 11 is 1.77. The van der Waals surface area contributed by atoms with E-state index in [9.17, 15) is 9.59 Å². The van der Waals surface area contributed by atoms with Crippen molar-refractivity contribution in [1.29, 1.82) is 0 Å². The third kappa shape index (κ3) is 1.74. The zero-order chi connectivity index (χ0) is 10.0. The number of ether oxygens (including phenoxy) is 2. The van der Waals surface area contributed by atoms with Crippen LogP contribution >= 0.6 is 22.6 Å². The van der Waals surface area contributed by atoms with E-state index in [2.05, 4.69) is 0 Å². The average Bonchev–Trinajstić information content (AvgIpc) is 2.12. The molecule has 0 amide bonds. The second-order valence-corrected chi connectivity index (χ2v) is 3.33. The van der Waals surface area contributed by atoms with Crippen LogP contribution in [0.4, 0.5) is 0 Å². The lowest BCUT2D eigenvalue weighted by atomic mass is 10.1. The van der Waals surface area contributed by atoms with E-state index in [-0.39, 0.29) is 20.9 Å². The van der Waals surface area contributed by atoms with Crippen molar-refractivity contribution in [3.63, 3.8) is 0 Å². The zero-order valence-electron chi connectivity index (χ0n) is 7.09. The maximum absolute atomic E-state index is 11.4. The highest BCUT2D eigenvalue weighted by Crippen LogP contribution is 2.24. The van der Waals surface area contributed by atoms with Gasteiger partial charge in [-0.15, -0.1) is 0 Å². The number of rotatable bonds is 2. The standard InChI is InChI=1S/C8H7IO4/c1-12-5-3-4(10)6(9)8(13-2)7(5)11/h3H,1-2H3. The fourth-order valence-electron chi connectivity index (χ4n) is 0.905. The fraction of sp³-hybridized carbons (Fsp3) is 0.250. The number of carbonyl (C=O) groups is 2. The van der Waals surface area contributed by atoms with Crippen LogP contribution in [0.25, 0.3) is 0 Å². The molecule has 0 aliphatic heterocycles. The molecule has 1 rings (SSSR count). The zero-order valence-corrected chi connectivity index (χ0v) is 9.25. The maximum atomic E-state index is 11.4. The van der Waals surface area contributed by atoms with Crippen molar-refractivity contribution < 1.29 is 19.1 Å². The van der Waals surface area contributed by atoms with Crippen molar-refractivity contribution in [1.82, 2.24) is 0 Å². The van der Waals surface area contributed by atoms with Gasteiger partial charge < -0.3 is 9.47 Å². The van der Waals surface area contributed by atoms with Gasteiger partial charge in [-0.05, 0) is 22.6 Å². The molecule has 0 spiro atoms. The smallest absolute Gasteiger partial charge is 0.263 e. The first-order valence-corrected chi connectivity index (χ1v) is 4.48. The van der Waals surface area contributed by atoms with Crippen molar-refractivity contribution in [2.75, 3.05) is 14.2 Å². The molecule has 0 saturated heterocycles. The van der Waals surface area contributed by atoms with E-state index in [4.69, 9.17) is 9.47 Å². The lowest BCUT2D eigenvalue weighted by Gasteiger charge is -2.13. The van der Waals surface area contributed by atoms with Crippen molar-refractivity contribution in [3.05, 3.63) is 21.2 Å². The number of allylic oxidation sites excluding steroid dienone is 2. The quantitative estimate of drug-likeness (QED) is 0.562. The van der Waals surface area contributed by atoms with Crippen molar-refractivity contribution >= 4 is 34.2 Å². The Morgan fingerprint density at radius 1 is 1.23 bits per heavy atom. The highest BCUT2D eigenvalue weighted by molar-refractivity contribution is 14.1. The second-order valence-electron chi connectivity index (χ2n) is 2.25. The summed E-state index contributed by atoms with van der Waals surface area (Å²) in [6.45, 7) is 0. The van der Waals surface area contributed by atoms with Crippen LogP contribution in [-0.4, -0.2) is 25.8 Å². The third-order valence-corrected chi connectivity index (χ3v) is 2.55. The summed E-state index contributed by atoms with van der Waals surface area (Å²) in [5.41, 5.74) is 0. The Labute approximate surface area is 88.7 Å². The maximum Gasteiger partial charge on any atom is 0.263 e. The number of carbonyl (C=O) groups excluding carboxylic acids is 2. The molecule has 0 aromatic rings. The first-order chi connectivity index (χ1) is 6.11. The van der Waals surface area contributed by atoms with Gasteiger partial charge in [-0.25, -0.2) is 0 Å².